The fourth-order valence-corrected chi connectivity index (χ4v) is 5.45. The zero-order valence-corrected chi connectivity index (χ0v) is 20.2. The Hall–Kier alpha value is -3.35. The predicted octanol–water partition coefficient (Wildman–Crippen LogP) is 4.94. The number of hydrogen-bond acceptors (Lipinski definition) is 4. The quantitative estimate of drug-likeness (QED) is 0.532. The first kappa shape index (κ1) is 24.8. The van der Waals surface area contributed by atoms with Gasteiger partial charge in [0.25, 0.3) is 0 Å². The lowest BCUT2D eigenvalue weighted by Crippen LogP contribution is -2.47. The summed E-state index contributed by atoms with van der Waals surface area (Å²) < 4.78 is 5.66. The highest BCUT2D eigenvalue weighted by Crippen LogP contribution is 2.44. The van der Waals surface area contributed by atoms with Crippen LogP contribution in [0.5, 0.6) is 0 Å². The molecule has 7 nitrogen and oxygen atoms in total. The first-order chi connectivity index (χ1) is 17.0. The number of carbonyl (C=O) groups excluding carboxylic acids is 2. The molecule has 1 heterocycles. The van der Waals surface area contributed by atoms with Crippen molar-refractivity contribution in [3.05, 3.63) is 59.7 Å². The van der Waals surface area contributed by atoms with E-state index in [0.29, 0.717) is 19.4 Å². The summed E-state index contributed by atoms with van der Waals surface area (Å²) in [5.74, 6) is -1.02. The summed E-state index contributed by atoms with van der Waals surface area (Å²) in [5.41, 5.74) is 4.64. The number of carbonyl (C=O) groups is 3. The Morgan fingerprint density at radius 3 is 2.34 bits per heavy atom. The third kappa shape index (κ3) is 5.84. The van der Waals surface area contributed by atoms with Crippen molar-refractivity contribution in [2.75, 3.05) is 13.2 Å². The molecule has 0 spiro atoms. The van der Waals surface area contributed by atoms with Gasteiger partial charge in [-0.1, -0.05) is 61.9 Å². The molecular weight excluding hydrogens is 444 g/mol. The van der Waals surface area contributed by atoms with E-state index in [2.05, 4.69) is 29.6 Å². The maximum Gasteiger partial charge on any atom is 0.407 e. The fraction of sp³-hybridized carbons (Fsp3) is 0.464. The fourth-order valence-electron chi connectivity index (χ4n) is 5.45. The highest BCUT2D eigenvalue weighted by molar-refractivity contribution is 5.80. The van der Waals surface area contributed by atoms with E-state index in [1.165, 1.54) is 11.1 Å². The normalized spacial score (nSPS) is 17.9. The van der Waals surface area contributed by atoms with Crippen LogP contribution in [-0.4, -0.2) is 53.2 Å². The van der Waals surface area contributed by atoms with Gasteiger partial charge in [0.1, 0.15) is 6.61 Å². The number of likely N-dealkylation sites (tertiary alicyclic amines) is 1. The summed E-state index contributed by atoms with van der Waals surface area (Å²) in [7, 11) is 0. The summed E-state index contributed by atoms with van der Waals surface area (Å²) in [6.07, 6.45) is 3.54. The molecule has 2 atom stereocenters. The number of piperidine rings is 1. The number of ether oxygens (including phenoxy) is 1. The van der Waals surface area contributed by atoms with E-state index in [-0.39, 0.29) is 43.4 Å². The Kier molecular flexibility index (Phi) is 8.06. The maximum atomic E-state index is 13.0. The Morgan fingerprint density at radius 1 is 1.06 bits per heavy atom. The molecule has 2 aromatic carbocycles. The number of benzene rings is 2. The van der Waals surface area contributed by atoms with Crippen LogP contribution in [-0.2, 0) is 14.3 Å². The molecule has 186 valence electrons. The Bertz CT molecular complexity index is 1020. The molecule has 2 amide bonds. The van der Waals surface area contributed by atoms with E-state index in [9.17, 15) is 19.5 Å². The molecule has 2 aromatic rings. The number of fused-ring (bicyclic) bond motifs is 3. The van der Waals surface area contributed by atoms with Gasteiger partial charge in [0.05, 0.1) is 6.42 Å². The number of nitrogens with one attached hydrogen (secondary N) is 1. The molecule has 1 saturated heterocycles. The molecule has 1 fully saturated rings. The van der Waals surface area contributed by atoms with Crippen LogP contribution >= 0.6 is 0 Å². The molecule has 0 saturated carbocycles. The lowest BCUT2D eigenvalue weighted by Gasteiger charge is -2.36. The van der Waals surface area contributed by atoms with Crippen molar-refractivity contribution in [1.82, 2.24) is 10.2 Å². The second-order valence-electron chi connectivity index (χ2n) is 9.49. The molecule has 1 aliphatic heterocycles. The van der Waals surface area contributed by atoms with Crippen molar-refractivity contribution in [3.63, 3.8) is 0 Å². The summed E-state index contributed by atoms with van der Waals surface area (Å²) in [6, 6.07) is 15.7. The van der Waals surface area contributed by atoms with Crippen molar-refractivity contribution in [1.29, 1.82) is 0 Å². The molecule has 2 aliphatic rings. The molecule has 0 unspecified atom stereocenters. The molecule has 7 heteroatoms. The summed E-state index contributed by atoms with van der Waals surface area (Å²) >= 11 is 0. The molecule has 0 aromatic heterocycles. The van der Waals surface area contributed by atoms with Gasteiger partial charge in [0.2, 0.25) is 5.91 Å². The van der Waals surface area contributed by atoms with Crippen molar-refractivity contribution >= 4 is 18.0 Å². The highest BCUT2D eigenvalue weighted by Gasteiger charge is 2.31. The number of carboxylic acid groups (broad SMARTS) is 1. The van der Waals surface area contributed by atoms with Gasteiger partial charge in [-0.25, -0.2) is 4.79 Å². The van der Waals surface area contributed by atoms with Crippen molar-refractivity contribution in [2.45, 2.75) is 69.9 Å². The van der Waals surface area contributed by atoms with Gasteiger partial charge in [-0.2, -0.15) is 0 Å². The van der Waals surface area contributed by atoms with Crippen LogP contribution in [0.25, 0.3) is 11.1 Å². The number of rotatable bonds is 9. The summed E-state index contributed by atoms with van der Waals surface area (Å²) in [5, 5.41) is 12.1. The van der Waals surface area contributed by atoms with Crippen LogP contribution in [0.3, 0.4) is 0 Å². The van der Waals surface area contributed by atoms with Crippen LogP contribution in [0.1, 0.15) is 68.9 Å². The van der Waals surface area contributed by atoms with Crippen LogP contribution < -0.4 is 5.32 Å². The average Bonchev–Trinajstić information content (AvgIpc) is 3.16. The van der Waals surface area contributed by atoms with Gasteiger partial charge in [0, 0.05) is 31.0 Å². The maximum absolute atomic E-state index is 13.0. The lowest BCUT2D eigenvalue weighted by molar-refractivity contribution is -0.142. The molecular formula is C28H34N2O5. The molecule has 0 radical (unpaired) electrons. The number of alkyl carbamates (subject to hydrolysis) is 1. The largest absolute Gasteiger partial charge is 0.481 e. The van der Waals surface area contributed by atoms with Gasteiger partial charge in [-0.3, -0.25) is 9.59 Å². The summed E-state index contributed by atoms with van der Waals surface area (Å²) in [6.45, 7) is 2.80. The van der Waals surface area contributed by atoms with Gasteiger partial charge in [0.15, 0.2) is 0 Å². The van der Waals surface area contributed by atoms with Crippen molar-refractivity contribution in [3.8, 4) is 11.1 Å². The van der Waals surface area contributed by atoms with E-state index in [4.69, 9.17) is 4.74 Å². The number of carboxylic acids is 1. The van der Waals surface area contributed by atoms with E-state index in [1.807, 2.05) is 31.2 Å². The second kappa shape index (κ2) is 11.4. The third-order valence-corrected chi connectivity index (χ3v) is 7.08. The minimum absolute atomic E-state index is 0.0236. The van der Waals surface area contributed by atoms with Crippen LogP contribution in [0, 0.1) is 0 Å². The van der Waals surface area contributed by atoms with Gasteiger partial charge in [-0.05, 0) is 47.9 Å². The van der Waals surface area contributed by atoms with Crippen molar-refractivity contribution < 1.29 is 24.2 Å². The van der Waals surface area contributed by atoms with Crippen LogP contribution in [0.15, 0.2) is 48.5 Å². The van der Waals surface area contributed by atoms with Gasteiger partial charge < -0.3 is 20.1 Å². The monoisotopic (exact) mass is 478 g/mol. The first-order valence-corrected chi connectivity index (χ1v) is 12.6. The van der Waals surface area contributed by atoms with E-state index < -0.39 is 12.1 Å². The SMILES string of the molecule is CCC[C@H](CC(=O)N1CCCC[C@@H]1CC(=O)O)NC(=O)OCC1c2ccccc2-c2ccccc21. The Morgan fingerprint density at radius 2 is 1.71 bits per heavy atom. The molecule has 1 aliphatic carbocycles. The zero-order chi connectivity index (χ0) is 24.8. The topological polar surface area (TPSA) is 95.9 Å². The third-order valence-electron chi connectivity index (χ3n) is 7.08. The second-order valence-corrected chi connectivity index (χ2v) is 9.49. The van der Waals surface area contributed by atoms with Gasteiger partial charge in [-0.15, -0.1) is 0 Å². The van der Waals surface area contributed by atoms with Crippen LogP contribution in [0.2, 0.25) is 0 Å². The lowest BCUT2D eigenvalue weighted by atomic mass is 9.97. The summed E-state index contributed by atoms with van der Waals surface area (Å²) in [4.78, 5) is 38.7. The van der Waals surface area contributed by atoms with Crippen molar-refractivity contribution in [2.24, 2.45) is 0 Å². The first-order valence-electron chi connectivity index (χ1n) is 12.6. The van der Waals surface area contributed by atoms with E-state index in [0.717, 1.165) is 30.4 Å². The number of amides is 2. The Labute approximate surface area is 206 Å². The number of nitrogens with zero attached hydrogens (tertiary/aromatic N) is 1. The predicted molar refractivity (Wildman–Crippen MR) is 133 cm³/mol. The smallest absolute Gasteiger partial charge is 0.407 e. The number of aliphatic carboxylic acids is 1. The standard InChI is InChI=1S/C28H34N2O5/c1-2-9-19(16-26(31)30-15-8-7-10-20(30)17-27(32)33)29-28(34)35-18-25-23-13-5-3-11-21(23)22-12-4-6-14-24(22)25/h3-6,11-14,19-20,25H,2,7-10,15-18H2,1H3,(H,29,34)(H,32,33)/t19-,20-/m1/s1. The van der Waals surface area contributed by atoms with E-state index >= 15 is 0 Å². The van der Waals surface area contributed by atoms with E-state index in [1.54, 1.807) is 4.90 Å². The van der Waals surface area contributed by atoms with Crippen LogP contribution in [0.4, 0.5) is 4.79 Å². The minimum atomic E-state index is -0.892. The molecule has 4 rings (SSSR count). The molecule has 2 N–H and O–H groups in total. The average molecular weight is 479 g/mol. The van der Waals surface area contributed by atoms with Gasteiger partial charge >= 0.3 is 12.1 Å². The molecule has 35 heavy (non-hydrogen) atoms. The number of hydrogen-bond donors (Lipinski definition) is 2. The minimum Gasteiger partial charge on any atom is -0.481 e. The zero-order valence-electron chi connectivity index (χ0n) is 20.2. The Balaban J connectivity index is 1.36. The molecule has 0 bridgehead atoms. The highest BCUT2D eigenvalue weighted by atomic mass is 16.5.